The van der Waals surface area contributed by atoms with Crippen LogP contribution in [0.15, 0.2) is 83.8 Å². The molecule has 1 fully saturated rings. The zero-order valence-corrected chi connectivity index (χ0v) is 20.9. The molecule has 0 atom stereocenters. The number of benzene rings is 3. The largest absolute Gasteiger partial charge is 0.494 e. The minimum atomic E-state index is -4.05. The predicted octanol–water partition coefficient (Wildman–Crippen LogP) is 4.12. The lowest BCUT2D eigenvalue weighted by Crippen LogP contribution is -2.54. The van der Waals surface area contributed by atoms with E-state index in [-0.39, 0.29) is 31.0 Å². The molecule has 0 aliphatic carbocycles. The van der Waals surface area contributed by atoms with Gasteiger partial charge in [0, 0.05) is 13.2 Å². The molecule has 36 heavy (non-hydrogen) atoms. The van der Waals surface area contributed by atoms with Gasteiger partial charge in [-0.25, -0.2) is 13.9 Å². The summed E-state index contributed by atoms with van der Waals surface area (Å²) in [6.07, 6.45) is 2.54. The summed E-state index contributed by atoms with van der Waals surface area (Å²) in [5.74, 6) is -0.377. The molecule has 3 aromatic carbocycles. The second-order valence-electron chi connectivity index (χ2n) is 8.96. The number of hydrogen-bond acceptors (Lipinski definition) is 6. The lowest BCUT2D eigenvalue weighted by molar-refractivity contribution is -0.134. The van der Waals surface area contributed by atoms with Crippen LogP contribution in [-0.4, -0.2) is 44.1 Å². The molecule has 1 aliphatic heterocycles. The third-order valence-electron chi connectivity index (χ3n) is 6.59. The molecule has 3 aromatic rings. The fourth-order valence-electron chi connectivity index (χ4n) is 4.55. The van der Waals surface area contributed by atoms with E-state index in [1.165, 1.54) is 34.3 Å². The maximum Gasteiger partial charge on any atom is 0.265 e. The van der Waals surface area contributed by atoms with Crippen LogP contribution in [-0.2, 0) is 32.2 Å². The lowest BCUT2D eigenvalue weighted by atomic mass is 9.98. The lowest BCUT2D eigenvalue weighted by Gasteiger charge is -2.34. The summed E-state index contributed by atoms with van der Waals surface area (Å²) in [7, 11) is -4.05. The van der Waals surface area contributed by atoms with Crippen LogP contribution in [0.25, 0.3) is 0 Å². The van der Waals surface area contributed by atoms with Crippen molar-refractivity contribution in [2.24, 2.45) is 0 Å². The zero-order valence-electron chi connectivity index (χ0n) is 20.1. The van der Waals surface area contributed by atoms with Gasteiger partial charge in [-0.1, -0.05) is 54.6 Å². The van der Waals surface area contributed by atoms with Crippen molar-refractivity contribution in [3.8, 4) is 5.75 Å². The van der Waals surface area contributed by atoms with Gasteiger partial charge in [-0.05, 0) is 73.1 Å². The summed E-state index contributed by atoms with van der Waals surface area (Å²) in [6.45, 7) is 0.745. The van der Waals surface area contributed by atoms with Crippen LogP contribution in [0, 0.1) is 0 Å². The highest BCUT2D eigenvalue weighted by Crippen LogP contribution is 2.35. The van der Waals surface area contributed by atoms with E-state index in [0.29, 0.717) is 12.4 Å². The van der Waals surface area contributed by atoms with Crippen molar-refractivity contribution in [2.75, 3.05) is 19.8 Å². The van der Waals surface area contributed by atoms with Crippen molar-refractivity contribution >= 4 is 15.7 Å². The number of sulfone groups is 1. The fraction of sp³-hybridized carbons (Fsp3) is 0.321. The Hall–Kier alpha value is -3.20. The van der Waals surface area contributed by atoms with Gasteiger partial charge in [-0.15, -0.1) is 0 Å². The van der Waals surface area contributed by atoms with E-state index in [0.717, 1.165) is 19.3 Å². The van der Waals surface area contributed by atoms with Gasteiger partial charge in [-0.3, -0.25) is 10.0 Å². The Morgan fingerprint density at radius 3 is 2.28 bits per heavy atom. The van der Waals surface area contributed by atoms with Gasteiger partial charge in [0.25, 0.3) is 5.91 Å². The first-order valence-corrected chi connectivity index (χ1v) is 13.5. The molecule has 190 valence electrons. The summed E-state index contributed by atoms with van der Waals surface area (Å²) < 4.78 is 35.9. The first-order valence-electron chi connectivity index (χ1n) is 12.1. The van der Waals surface area contributed by atoms with Crippen LogP contribution >= 0.6 is 0 Å². The number of carbonyl (C=O) groups excluding carboxylic acids is 1. The number of amides is 1. The van der Waals surface area contributed by atoms with Crippen molar-refractivity contribution in [1.29, 1.82) is 0 Å². The van der Waals surface area contributed by atoms with Crippen molar-refractivity contribution in [1.82, 2.24) is 5.48 Å². The first-order chi connectivity index (χ1) is 17.4. The standard InChI is InChI=1S/C28H31NO6S/c30-27(29-31)28(15-18-34-19-16-28)36(32,33)26-13-11-25(12-14-26)35-17-5-10-23-8-4-9-24(21-23)20-22-6-2-1-3-7-22/h1-4,6-9,11-14,21,31H,5,10,15-20H2,(H,29,30). The van der Waals surface area contributed by atoms with Crippen LogP contribution < -0.4 is 10.2 Å². The number of nitrogens with one attached hydrogen (secondary N) is 1. The Bertz CT molecular complexity index is 1250. The Morgan fingerprint density at radius 2 is 1.58 bits per heavy atom. The maximum atomic E-state index is 13.3. The average Bonchev–Trinajstić information content (AvgIpc) is 2.92. The van der Waals surface area contributed by atoms with E-state index in [9.17, 15) is 13.2 Å². The van der Waals surface area contributed by atoms with Crippen LogP contribution in [0.1, 0.15) is 36.0 Å². The molecule has 4 rings (SSSR count). The van der Waals surface area contributed by atoms with Gasteiger partial charge in [0.2, 0.25) is 0 Å². The van der Waals surface area contributed by atoms with Crippen LogP contribution in [0.4, 0.5) is 0 Å². The normalized spacial score (nSPS) is 15.2. The first kappa shape index (κ1) is 25.9. The number of aryl methyl sites for hydroxylation is 1. The highest BCUT2D eigenvalue weighted by molar-refractivity contribution is 7.93. The Balaban J connectivity index is 1.33. The fourth-order valence-corrected chi connectivity index (χ4v) is 6.49. The molecular formula is C28H31NO6S. The molecule has 8 heteroatoms. The molecule has 0 saturated carbocycles. The number of ether oxygens (including phenoxy) is 2. The SMILES string of the molecule is O=C(NO)C1(S(=O)(=O)c2ccc(OCCCc3cccc(Cc4ccccc4)c3)cc2)CCOCC1. The molecule has 1 heterocycles. The van der Waals surface area contributed by atoms with E-state index in [2.05, 4.69) is 36.4 Å². The van der Waals surface area contributed by atoms with Crippen molar-refractivity contribution < 1.29 is 27.9 Å². The Kier molecular flexibility index (Phi) is 8.40. The van der Waals surface area contributed by atoms with Crippen LogP contribution in [0.3, 0.4) is 0 Å². The molecule has 0 aromatic heterocycles. The van der Waals surface area contributed by atoms with Gasteiger partial charge in [-0.2, -0.15) is 0 Å². The maximum absolute atomic E-state index is 13.3. The van der Waals surface area contributed by atoms with Gasteiger partial charge in [0.15, 0.2) is 14.6 Å². The monoisotopic (exact) mass is 509 g/mol. The summed E-state index contributed by atoms with van der Waals surface area (Å²) in [5, 5.41) is 9.17. The highest BCUT2D eigenvalue weighted by atomic mass is 32.2. The van der Waals surface area contributed by atoms with E-state index >= 15 is 0 Å². The molecule has 0 bridgehead atoms. The van der Waals surface area contributed by atoms with Crippen molar-refractivity contribution in [3.63, 3.8) is 0 Å². The predicted molar refractivity (Wildman–Crippen MR) is 136 cm³/mol. The molecule has 0 radical (unpaired) electrons. The summed E-state index contributed by atoms with van der Waals surface area (Å²) in [6, 6.07) is 25.0. The Morgan fingerprint density at radius 1 is 0.917 bits per heavy atom. The average molecular weight is 510 g/mol. The van der Waals surface area contributed by atoms with E-state index in [1.54, 1.807) is 12.1 Å². The van der Waals surface area contributed by atoms with Gasteiger partial charge < -0.3 is 9.47 Å². The topological polar surface area (TPSA) is 102 Å². The van der Waals surface area contributed by atoms with Gasteiger partial charge >= 0.3 is 0 Å². The molecular weight excluding hydrogens is 478 g/mol. The minimum Gasteiger partial charge on any atom is -0.494 e. The van der Waals surface area contributed by atoms with Gasteiger partial charge in [0.05, 0.1) is 11.5 Å². The third kappa shape index (κ3) is 5.78. The minimum absolute atomic E-state index is 0.00980. The van der Waals surface area contributed by atoms with E-state index < -0.39 is 20.5 Å². The summed E-state index contributed by atoms with van der Waals surface area (Å²) in [5.41, 5.74) is 5.33. The van der Waals surface area contributed by atoms with Gasteiger partial charge in [0.1, 0.15) is 5.75 Å². The second kappa shape index (κ2) is 11.7. The van der Waals surface area contributed by atoms with Crippen LogP contribution in [0.2, 0.25) is 0 Å². The number of hydrogen-bond donors (Lipinski definition) is 2. The number of carbonyl (C=O) groups is 1. The second-order valence-corrected chi connectivity index (χ2v) is 11.2. The quantitative estimate of drug-likeness (QED) is 0.242. The van der Waals surface area contributed by atoms with E-state index in [1.807, 2.05) is 18.2 Å². The molecule has 2 N–H and O–H groups in total. The highest BCUT2D eigenvalue weighted by Gasteiger charge is 2.52. The Labute approximate surface area is 212 Å². The molecule has 1 aliphatic rings. The summed E-state index contributed by atoms with van der Waals surface area (Å²) >= 11 is 0. The molecule has 0 unspecified atom stereocenters. The third-order valence-corrected chi connectivity index (χ3v) is 9.10. The van der Waals surface area contributed by atoms with E-state index in [4.69, 9.17) is 14.7 Å². The molecule has 7 nitrogen and oxygen atoms in total. The van der Waals surface area contributed by atoms with Crippen molar-refractivity contribution in [3.05, 3.63) is 95.6 Å². The number of rotatable bonds is 10. The summed E-state index contributed by atoms with van der Waals surface area (Å²) in [4.78, 5) is 12.4. The molecule has 0 spiro atoms. The smallest absolute Gasteiger partial charge is 0.265 e. The molecule has 1 saturated heterocycles. The zero-order chi connectivity index (χ0) is 25.4. The number of hydroxylamine groups is 1. The molecule has 1 amide bonds. The van der Waals surface area contributed by atoms with Crippen molar-refractivity contribution in [2.45, 2.75) is 41.7 Å². The van der Waals surface area contributed by atoms with Crippen LogP contribution in [0.5, 0.6) is 5.75 Å².